The lowest BCUT2D eigenvalue weighted by Crippen LogP contribution is -2.51. The molecule has 0 spiro atoms. The molecule has 2 amide bonds. The summed E-state index contributed by atoms with van der Waals surface area (Å²) in [6.45, 7) is 0.900. The Labute approximate surface area is 147 Å². The number of carbonyl (C=O) groups is 2. The number of rotatable bonds is 2. The van der Waals surface area contributed by atoms with E-state index >= 15 is 0 Å². The first-order valence-electron chi connectivity index (χ1n) is 8.27. The van der Waals surface area contributed by atoms with E-state index in [9.17, 15) is 27.2 Å². The highest BCUT2D eigenvalue weighted by Crippen LogP contribution is 2.34. The third-order valence-electron chi connectivity index (χ3n) is 4.58. The summed E-state index contributed by atoms with van der Waals surface area (Å²) in [6, 6.07) is 3.24. The minimum atomic E-state index is -4.72. The highest BCUT2D eigenvalue weighted by atomic mass is 19.4. The molecular weight excluding hydrogens is 356 g/mol. The van der Waals surface area contributed by atoms with Crippen LogP contribution in [0.2, 0.25) is 0 Å². The van der Waals surface area contributed by atoms with Crippen molar-refractivity contribution < 1.29 is 31.9 Å². The summed E-state index contributed by atoms with van der Waals surface area (Å²) in [5, 5.41) is 0. The van der Waals surface area contributed by atoms with Crippen LogP contribution in [0.4, 0.5) is 17.6 Å². The lowest BCUT2D eigenvalue weighted by molar-refractivity contribution is -0.139. The predicted molar refractivity (Wildman–Crippen MR) is 83.2 cm³/mol. The van der Waals surface area contributed by atoms with Gasteiger partial charge in [-0.2, -0.15) is 13.2 Å². The molecule has 142 valence electrons. The van der Waals surface area contributed by atoms with Gasteiger partial charge in [0, 0.05) is 19.5 Å². The minimum absolute atomic E-state index is 0.212. The lowest BCUT2D eigenvalue weighted by Gasteiger charge is -2.32. The molecular formula is C17H18F4N2O3. The number of halogens is 4. The average Bonchev–Trinajstić information content (AvgIpc) is 3.02. The molecule has 0 saturated carbocycles. The van der Waals surface area contributed by atoms with Crippen LogP contribution in [0.3, 0.4) is 0 Å². The summed E-state index contributed by atoms with van der Waals surface area (Å²) in [7, 11) is 0. The number of hydrogen-bond donors (Lipinski definition) is 0. The van der Waals surface area contributed by atoms with Crippen LogP contribution in [-0.2, 0) is 15.7 Å². The second-order valence-electron chi connectivity index (χ2n) is 6.29. The van der Waals surface area contributed by atoms with Gasteiger partial charge in [-0.1, -0.05) is 12.1 Å². The topological polar surface area (TPSA) is 49.9 Å². The van der Waals surface area contributed by atoms with Crippen LogP contribution in [0.1, 0.15) is 22.3 Å². The van der Waals surface area contributed by atoms with Gasteiger partial charge in [0.05, 0.1) is 30.9 Å². The molecule has 1 aromatic carbocycles. The van der Waals surface area contributed by atoms with Gasteiger partial charge in [0.2, 0.25) is 5.91 Å². The zero-order chi connectivity index (χ0) is 18.9. The van der Waals surface area contributed by atoms with Crippen LogP contribution in [0.5, 0.6) is 0 Å². The van der Waals surface area contributed by atoms with Gasteiger partial charge in [-0.15, -0.1) is 0 Å². The summed E-state index contributed by atoms with van der Waals surface area (Å²) in [5.74, 6) is -1.43. The molecule has 2 aliphatic rings. The molecule has 26 heavy (non-hydrogen) atoms. The molecule has 0 N–H and O–H groups in total. The van der Waals surface area contributed by atoms with E-state index < -0.39 is 47.9 Å². The van der Waals surface area contributed by atoms with Crippen molar-refractivity contribution in [3.8, 4) is 0 Å². The fourth-order valence-corrected chi connectivity index (χ4v) is 3.31. The van der Waals surface area contributed by atoms with E-state index in [1.54, 1.807) is 0 Å². The van der Waals surface area contributed by atoms with Gasteiger partial charge in [0.15, 0.2) is 0 Å². The van der Waals surface area contributed by atoms with Crippen LogP contribution in [0.25, 0.3) is 0 Å². The van der Waals surface area contributed by atoms with Crippen molar-refractivity contribution in [2.45, 2.75) is 24.8 Å². The fourth-order valence-electron chi connectivity index (χ4n) is 3.31. The molecule has 0 aliphatic carbocycles. The van der Waals surface area contributed by atoms with Crippen molar-refractivity contribution in [3.63, 3.8) is 0 Å². The maximum Gasteiger partial charge on any atom is 0.417 e. The molecule has 0 radical (unpaired) electrons. The van der Waals surface area contributed by atoms with Crippen LogP contribution >= 0.6 is 0 Å². The van der Waals surface area contributed by atoms with Crippen molar-refractivity contribution in [1.82, 2.24) is 9.80 Å². The second kappa shape index (κ2) is 7.22. The molecule has 0 aromatic heterocycles. The number of hydrogen-bond acceptors (Lipinski definition) is 3. The largest absolute Gasteiger partial charge is 0.417 e. The maximum absolute atomic E-state index is 14.0. The summed E-state index contributed by atoms with van der Waals surface area (Å²) < 4.78 is 58.7. The Morgan fingerprint density at radius 1 is 1.12 bits per heavy atom. The molecule has 1 aromatic rings. The van der Waals surface area contributed by atoms with Gasteiger partial charge in [0.1, 0.15) is 12.2 Å². The van der Waals surface area contributed by atoms with E-state index in [-0.39, 0.29) is 6.42 Å². The number of nitrogens with zero attached hydrogens (tertiary/aromatic N) is 2. The van der Waals surface area contributed by atoms with E-state index in [0.717, 1.165) is 17.0 Å². The Morgan fingerprint density at radius 2 is 1.77 bits per heavy atom. The zero-order valence-electron chi connectivity index (χ0n) is 13.8. The van der Waals surface area contributed by atoms with Crippen LogP contribution in [0, 0.1) is 0 Å². The summed E-state index contributed by atoms with van der Waals surface area (Å²) in [5.41, 5.74) is -1.67. The Hall–Kier alpha value is -2.16. The molecule has 0 bridgehead atoms. The van der Waals surface area contributed by atoms with Crippen LogP contribution in [-0.4, -0.2) is 66.7 Å². The van der Waals surface area contributed by atoms with Gasteiger partial charge in [0.25, 0.3) is 5.91 Å². The Morgan fingerprint density at radius 3 is 2.42 bits per heavy atom. The molecule has 2 fully saturated rings. The van der Waals surface area contributed by atoms with Gasteiger partial charge in [-0.25, -0.2) is 4.39 Å². The molecule has 5 nitrogen and oxygen atoms in total. The predicted octanol–water partition coefficient (Wildman–Crippen LogP) is 2.12. The van der Waals surface area contributed by atoms with Crippen molar-refractivity contribution in [2.75, 3.05) is 32.8 Å². The third kappa shape index (κ3) is 3.67. The summed E-state index contributed by atoms with van der Waals surface area (Å²) >= 11 is 0. The maximum atomic E-state index is 14.0. The number of benzene rings is 1. The number of carbonyl (C=O) groups excluding carboxylic acids is 2. The third-order valence-corrected chi connectivity index (χ3v) is 4.58. The smallest absolute Gasteiger partial charge is 0.378 e. The molecule has 9 heteroatoms. The first-order chi connectivity index (χ1) is 12.3. The number of alkyl halides is 4. The van der Waals surface area contributed by atoms with Crippen LogP contribution < -0.4 is 0 Å². The van der Waals surface area contributed by atoms with Gasteiger partial charge < -0.3 is 14.5 Å². The Balaban J connectivity index is 1.87. The number of morpholine rings is 1. The first kappa shape index (κ1) is 18.6. The molecule has 3 rings (SSSR count). The highest BCUT2D eigenvalue weighted by molar-refractivity contribution is 5.99. The molecule has 2 aliphatic heterocycles. The van der Waals surface area contributed by atoms with Crippen molar-refractivity contribution in [2.24, 2.45) is 0 Å². The van der Waals surface area contributed by atoms with Crippen molar-refractivity contribution in [1.29, 1.82) is 0 Å². The Kier molecular flexibility index (Phi) is 5.17. The van der Waals surface area contributed by atoms with E-state index in [2.05, 4.69) is 0 Å². The quantitative estimate of drug-likeness (QED) is 0.746. The Bertz CT molecular complexity index is 689. The normalized spacial score (nSPS) is 24.0. The molecule has 2 heterocycles. The van der Waals surface area contributed by atoms with Crippen LogP contribution in [0.15, 0.2) is 24.3 Å². The molecule has 2 atom stereocenters. The summed E-state index contributed by atoms with van der Waals surface area (Å²) in [6.07, 6.45) is -6.38. The standard InChI is InChI=1S/C17H18F4N2O3/c18-11-9-14(16(25)22-5-7-26-8-6-22)23(10-11)15(24)12-3-1-2-4-13(12)17(19,20)21/h1-4,11,14H,5-10H2/t11-,14-/m0/s1. The fraction of sp³-hybridized carbons (Fsp3) is 0.529. The van der Waals surface area contributed by atoms with Crippen molar-refractivity contribution >= 4 is 11.8 Å². The monoisotopic (exact) mass is 374 g/mol. The average molecular weight is 374 g/mol. The van der Waals surface area contributed by atoms with Crippen molar-refractivity contribution in [3.05, 3.63) is 35.4 Å². The van der Waals surface area contributed by atoms with Gasteiger partial charge in [-0.05, 0) is 12.1 Å². The number of ether oxygens (including phenoxy) is 1. The first-order valence-corrected chi connectivity index (χ1v) is 8.27. The number of likely N-dealkylation sites (tertiary alicyclic amines) is 1. The van der Waals surface area contributed by atoms with E-state index in [0.29, 0.717) is 26.3 Å². The minimum Gasteiger partial charge on any atom is -0.378 e. The van der Waals surface area contributed by atoms with E-state index in [4.69, 9.17) is 4.74 Å². The zero-order valence-corrected chi connectivity index (χ0v) is 13.8. The van der Waals surface area contributed by atoms with E-state index in [1.165, 1.54) is 17.0 Å². The van der Waals surface area contributed by atoms with E-state index in [1.807, 2.05) is 0 Å². The highest BCUT2D eigenvalue weighted by Gasteiger charge is 2.44. The second-order valence-corrected chi connectivity index (χ2v) is 6.29. The van der Waals surface area contributed by atoms with Gasteiger partial charge >= 0.3 is 6.18 Å². The van der Waals surface area contributed by atoms with Gasteiger partial charge in [-0.3, -0.25) is 9.59 Å². The molecule has 0 unspecified atom stereocenters. The SMILES string of the molecule is O=C([C@@H]1C[C@H](F)CN1C(=O)c1ccccc1C(F)(F)F)N1CCOCC1. The molecule has 2 saturated heterocycles. The number of amides is 2. The lowest BCUT2D eigenvalue weighted by atomic mass is 10.0. The summed E-state index contributed by atoms with van der Waals surface area (Å²) in [4.78, 5) is 27.8.